The van der Waals surface area contributed by atoms with Crippen molar-refractivity contribution in [3.63, 3.8) is 0 Å². The van der Waals surface area contributed by atoms with E-state index in [9.17, 15) is 4.79 Å². The Balaban J connectivity index is 1.64. The molecular formula is C15H11N3O2S. The van der Waals surface area contributed by atoms with Gasteiger partial charge in [-0.1, -0.05) is 41.7 Å². The average Bonchev–Trinajstić information content (AvgIpc) is 3.17. The fourth-order valence-corrected chi connectivity index (χ4v) is 2.37. The summed E-state index contributed by atoms with van der Waals surface area (Å²) in [7, 11) is 0. The van der Waals surface area contributed by atoms with Gasteiger partial charge in [0.1, 0.15) is 0 Å². The molecule has 21 heavy (non-hydrogen) atoms. The summed E-state index contributed by atoms with van der Waals surface area (Å²) < 4.78 is 5.22. The Labute approximate surface area is 125 Å². The fourth-order valence-electron chi connectivity index (χ4n) is 1.66. The molecule has 0 fully saturated rings. The SMILES string of the molecule is O=C(/C=C/c1ccccc1)Nc1nnc(-c2ccco2)s1. The normalized spacial score (nSPS) is 10.9. The van der Waals surface area contributed by atoms with E-state index >= 15 is 0 Å². The van der Waals surface area contributed by atoms with E-state index < -0.39 is 0 Å². The molecule has 0 aliphatic carbocycles. The minimum Gasteiger partial charge on any atom is -0.462 e. The number of hydrogen-bond acceptors (Lipinski definition) is 5. The van der Waals surface area contributed by atoms with Crippen LogP contribution in [0.25, 0.3) is 16.8 Å². The van der Waals surface area contributed by atoms with E-state index in [0.717, 1.165) is 5.56 Å². The maximum Gasteiger partial charge on any atom is 0.250 e. The summed E-state index contributed by atoms with van der Waals surface area (Å²) >= 11 is 1.26. The van der Waals surface area contributed by atoms with Gasteiger partial charge in [-0.2, -0.15) is 0 Å². The molecule has 0 aliphatic rings. The van der Waals surface area contributed by atoms with Gasteiger partial charge < -0.3 is 4.42 Å². The van der Waals surface area contributed by atoms with E-state index in [1.165, 1.54) is 17.4 Å². The monoisotopic (exact) mass is 297 g/mol. The van der Waals surface area contributed by atoms with Crippen LogP contribution >= 0.6 is 11.3 Å². The number of anilines is 1. The van der Waals surface area contributed by atoms with Gasteiger partial charge in [-0.05, 0) is 23.8 Å². The summed E-state index contributed by atoms with van der Waals surface area (Å²) in [5.41, 5.74) is 0.959. The highest BCUT2D eigenvalue weighted by atomic mass is 32.1. The molecule has 1 aromatic carbocycles. The molecule has 3 aromatic rings. The van der Waals surface area contributed by atoms with Crippen molar-refractivity contribution in [2.24, 2.45) is 0 Å². The minimum absolute atomic E-state index is 0.249. The molecule has 0 saturated carbocycles. The Hall–Kier alpha value is -2.73. The highest BCUT2D eigenvalue weighted by molar-refractivity contribution is 7.18. The molecule has 0 radical (unpaired) electrons. The van der Waals surface area contributed by atoms with Crippen LogP contribution < -0.4 is 5.32 Å². The van der Waals surface area contributed by atoms with Gasteiger partial charge in [-0.25, -0.2) is 0 Å². The first-order chi connectivity index (χ1) is 10.3. The zero-order valence-electron chi connectivity index (χ0n) is 10.9. The fraction of sp³-hybridized carbons (Fsp3) is 0. The van der Waals surface area contributed by atoms with Crippen molar-refractivity contribution in [1.82, 2.24) is 10.2 Å². The summed E-state index contributed by atoms with van der Waals surface area (Å²) in [6.07, 6.45) is 4.77. The van der Waals surface area contributed by atoms with Gasteiger partial charge in [0.15, 0.2) is 10.8 Å². The number of benzene rings is 1. The molecule has 104 valence electrons. The average molecular weight is 297 g/mol. The summed E-state index contributed by atoms with van der Waals surface area (Å²) in [5, 5.41) is 11.6. The van der Waals surface area contributed by atoms with Crippen molar-refractivity contribution in [2.75, 3.05) is 5.32 Å². The Morgan fingerprint density at radius 2 is 2.00 bits per heavy atom. The van der Waals surface area contributed by atoms with Crippen LogP contribution in [0.3, 0.4) is 0 Å². The Bertz CT molecular complexity index is 748. The van der Waals surface area contributed by atoms with Crippen molar-refractivity contribution in [1.29, 1.82) is 0 Å². The minimum atomic E-state index is -0.249. The predicted molar refractivity (Wildman–Crippen MR) is 81.7 cm³/mol. The standard InChI is InChI=1S/C15H11N3O2S/c19-13(9-8-11-5-2-1-3-6-11)16-15-18-17-14(21-15)12-7-4-10-20-12/h1-10H,(H,16,18,19)/b9-8+. The van der Waals surface area contributed by atoms with Crippen LogP contribution in [0.1, 0.15) is 5.56 Å². The lowest BCUT2D eigenvalue weighted by atomic mass is 10.2. The Kier molecular flexibility index (Phi) is 3.88. The lowest BCUT2D eigenvalue weighted by Gasteiger charge is -1.94. The topological polar surface area (TPSA) is 68.0 Å². The maximum atomic E-state index is 11.8. The Morgan fingerprint density at radius 3 is 2.76 bits per heavy atom. The Morgan fingerprint density at radius 1 is 1.14 bits per heavy atom. The second kappa shape index (κ2) is 6.15. The third kappa shape index (κ3) is 3.43. The molecule has 0 saturated heterocycles. The summed E-state index contributed by atoms with van der Waals surface area (Å²) in [4.78, 5) is 11.8. The number of amides is 1. The van der Waals surface area contributed by atoms with Crippen molar-refractivity contribution in [3.8, 4) is 10.8 Å². The van der Waals surface area contributed by atoms with Crippen molar-refractivity contribution < 1.29 is 9.21 Å². The highest BCUT2D eigenvalue weighted by Gasteiger charge is 2.09. The van der Waals surface area contributed by atoms with E-state index in [-0.39, 0.29) is 5.91 Å². The summed E-state index contributed by atoms with van der Waals surface area (Å²) in [6, 6.07) is 13.2. The molecule has 3 rings (SSSR count). The van der Waals surface area contributed by atoms with Crippen molar-refractivity contribution in [2.45, 2.75) is 0 Å². The first kappa shape index (κ1) is 13.3. The molecule has 0 spiro atoms. The molecular weight excluding hydrogens is 286 g/mol. The molecule has 2 heterocycles. The number of nitrogens with zero attached hydrogens (tertiary/aromatic N) is 2. The first-order valence-corrected chi connectivity index (χ1v) is 7.04. The summed E-state index contributed by atoms with van der Waals surface area (Å²) in [5.74, 6) is 0.383. The first-order valence-electron chi connectivity index (χ1n) is 6.23. The van der Waals surface area contributed by atoms with Crippen LogP contribution in [0.4, 0.5) is 5.13 Å². The third-order valence-electron chi connectivity index (χ3n) is 2.61. The van der Waals surface area contributed by atoms with E-state index in [0.29, 0.717) is 15.9 Å². The number of carbonyl (C=O) groups is 1. The summed E-state index contributed by atoms with van der Waals surface area (Å²) in [6.45, 7) is 0. The van der Waals surface area contributed by atoms with Crippen LogP contribution in [-0.2, 0) is 4.79 Å². The van der Waals surface area contributed by atoms with Gasteiger partial charge in [-0.15, -0.1) is 10.2 Å². The quantitative estimate of drug-likeness (QED) is 0.749. The van der Waals surface area contributed by atoms with Crippen molar-refractivity contribution >= 4 is 28.5 Å². The van der Waals surface area contributed by atoms with E-state index in [1.807, 2.05) is 30.3 Å². The van der Waals surface area contributed by atoms with Gasteiger partial charge in [0.2, 0.25) is 11.0 Å². The largest absolute Gasteiger partial charge is 0.462 e. The van der Waals surface area contributed by atoms with Gasteiger partial charge in [0.05, 0.1) is 6.26 Å². The van der Waals surface area contributed by atoms with E-state index in [1.54, 1.807) is 24.5 Å². The van der Waals surface area contributed by atoms with Crippen LogP contribution in [-0.4, -0.2) is 16.1 Å². The number of aromatic nitrogens is 2. The van der Waals surface area contributed by atoms with Crippen LogP contribution in [0.2, 0.25) is 0 Å². The molecule has 5 nitrogen and oxygen atoms in total. The lowest BCUT2D eigenvalue weighted by molar-refractivity contribution is -0.111. The predicted octanol–water partition coefficient (Wildman–Crippen LogP) is 3.45. The van der Waals surface area contributed by atoms with Crippen LogP contribution in [0, 0.1) is 0 Å². The number of furan rings is 1. The molecule has 0 bridgehead atoms. The zero-order valence-corrected chi connectivity index (χ0v) is 11.7. The molecule has 0 atom stereocenters. The number of rotatable bonds is 4. The molecule has 2 aromatic heterocycles. The van der Waals surface area contributed by atoms with Gasteiger partial charge in [-0.3, -0.25) is 10.1 Å². The number of hydrogen-bond donors (Lipinski definition) is 1. The maximum absolute atomic E-state index is 11.8. The molecule has 1 N–H and O–H groups in total. The second-order valence-electron chi connectivity index (χ2n) is 4.12. The zero-order chi connectivity index (χ0) is 14.5. The van der Waals surface area contributed by atoms with Gasteiger partial charge in [0.25, 0.3) is 0 Å². The van der Waals surface area contributed by atoms with Crippen LogP contribution in [0.5, 0.6) is 0 Å². The second-order valence-corrected chi connectivity index (χ2v) is 5.10. The van der Waals surface area contributed by atoms with E-state index in [4.69, 9.17) is 4.42 Å². The number of carbonyl (C=O) groups excluding carboxylic acids is 1. The van der Waals surface area contributed by atoms with Crippen LogP contribution in [0.15, 0.2) is 59.2 Å². The lowest BCUT2D eigenvalue weighted by Crippen LogP contribution is -2.07. The molecule has 1 amide bonds. The number of nitrogens with one attached hydrogen (secondary N) is 1. The molecule has 0 aliphatic heterocycles. The smallest absolute Gasteiger partial charge is 0.250 e. The van der Waals surface area contributed by atoms with Gasteiger partial charge in [0, 0.05) is 6.08 Å². The molecule has 6 heteroatoms. The van der Waals surface area contributed by atoms with E-state index in [2.05, 4.69) is 15.5 Å². The third-order valence-corrected chi connectivity index (χ3v) is 3.47. The highest BCUT2D eigenvalue weighted by Crippen LogP contribution is 2.26. The van der Waals surface area contributed by atoms with Gasteiger partial charge >= 0.3 is 0 Å². The molecule has 0 unspecified atom stereocenters. The van der Waals surface area contributed by atoms with Crippen molar-refractivity contribution in [3.05, 3.63) is 60.4 Å².